The number of aromatic nitrogens is 6. The summed E-state index contributed by atoms with van der Waals surface area (Å²) >= 11 is 6.61. The van der Waals surface area contributed by atoms with Crippen molar-refractivity contribution in [3.8, 4) is 17.3 Å². The molecule has 2 aliphatic carbocycles. The van der Waals surface area contributed by atoms with E-state index in [0.29, 0.717) is 49.2 Å². The molecule has 0 radical (unpaired) electrons. The van der Waals surface area contributed by atoms with Crippen molar-refractivity contribution in [2.24, 2.45) is 11.3 Å². The zero-order chi connectivity index (χ0) is 29.7. The molecular formula is C31H40ClN9O2. The van der Waals surface area contributed by atoms with E-state index >= 15 is 0 Å². The van der Waals surface area contributed by atoms with Crippen LogP contribution in [0, 0.1) is 22.7 Å². The maximum atomic E-state index is 9.78. The first kappa shape index (κ1) is 29.9. The number of ether oxygens (including phenoxy) is 2. The molecule has 11 nitrogen and oxygen atoms in total. The Labute approximate surface area is 257 Å². The van der Waals surface area contributed by atoms with Crippen molar-refractivity contribution < 1.29 is 9.47 Å². The number of nitrogens with zero attached hydrogens (tertiary/aromatic N) is 6. The Hall–Kier alpha value is -3.17. The van der Waals surface area contributed by atoms with Gasteiger partial charge < -0.3 is 20.1 Å². The van der Waals surface area contributed by atoms with Crippen LogP contribution in [0.4, 0.5) is 5.82 Å². The van der Waals surface area contributed by atoms with Crippen molar-refractivity contribution >= 4 is 17.4 Å². The first-order valence-corrected chi connectivity index (χ1v) is 15.8. The zero-order valence-electron chi connectivity index (χ0n) is 24.7. The molecule has 0 aromatic carbocycles. The predicted molar refractivity (Wildman–Crippen MR) is 162 cm³/mol. The van der Waals surface area contributed by atoms with E-state index in [0.717, 1.165) is 80.6 Å². The third kappa shape index (κ3) is 7.32. The SMILES string of the molecule is CC(COC1(c2nn[nH]n2)CC1)NC1CCC(Cc2cc(-c3cccc(NCC4(C#N)CCOCC4)n3)c(Cl)cn2)CC1. The van der Waals surface area contributed by atoms with Crippen molar-refractivity contribution in [3.63, 3.8) is 0 Å². The van der Waals surface area contributed by atoms with Crippen LogP contribution in [0.3, 0.4) is 0 Å². The largest absolute Gasteiger partial charge is 0.381 e. The molecule has 1 unspecified atom stereocenters. The molecular weight excluding hydrogens is 566 g/mol. The van der Waals surface area contributed by atoms with Crippen molar-refractivity contribution in [2.45, 2.75) is 82.4 Å². The fourth-order valence-electron chi connectivity index (χ4n) is 6.29. The van der Waals surface area contributed by atoms with Gasteiger partial charge in [-0.1, -0.05) is 22.9 Å². The molecule has 1 atom stereocenters. The van der Waals surface area contributed by atoms with Gasteiger partial charge in [0.2, 0.25) is 5.82 Å². The van der Waals surface area contributed by atoms with Crippen molar-refractivity contribution in [3.05, 3.63) is 47.0 Å². The van der Waals surface area contributed by atoms with E-state index in [1.165, 1.54) is 0 Å². The quantitative estimate of drug-likeness (QED) is 0.262. The number of pyridine rings is 2. The first-order chi connectivity index (χ1) is 21.0. The monoisotopic (exact) mass is 605 g/mol. The smallest absolute Gasteiger partial charge is 0.206 e. The molecule has 6 rings (SSSR count). The minimum atomic E-state index is -0.423. The van der Waals surface area contributed by atoms with Gasteiger partial charge >= 0.3 is 0 Å². The number of aromatic amines is 1. The average Bonchev–Trinajstić information content (AvgIpc) is 3.62. The lowest BCUT2D eigenvalue weighted by Crippen LogP contribution is -2.42. The van der Waals surface area contributed by atoms with E-state index in [1.54, 1.807) is 6.20 Å². The summed E-state index contributed by atoms with van der Waals surface area (Å²) in [6.45, 7) is 4.60. The zero-order valence-corrected chi connectivity index (χ0v) is 25.4. The topological polar surface area (TPSA) is 147 Å². The normalized spacial score (nSPS) is 23.3. The minimum Gasteiger partial charge on any atom is -0.381 e. The van der Waals surface area contributed by atoms with E-state index in [2.05, 4.69) is 55.3 Å². The Bertz CT molecular complexity index is 1390. The Morgan fingerprint density at radius 1 is 1.19 bits per heavy atom. The fourth-order valence-corrected chi connectivity index (χ4v) is 6.49. The van der Waals surface area contributed by atoms with Gasteiger partial charge in [0.25, 0.3) is 0 Å². The molecule has 1 saturated heterocycles. The number of halogens is 1. The Balaban J connectivity index is 0.994. The summed E-state index contributed by atoms with van der Waals surface area (Å²) in [7, 11) is 0. The maximum Gasteiger partial charge on any atom is 0.206 e. The molecule has 0 spiro atoms. The van der Waals surface area contributed by atoms with Crippen LogP contribution in [0.25, 0.3) is 11.3 Å². The molecule has 2 saturated carbocycles. The lowest BCUT2D eigenvalue weighted by molar-refractivity contribution is 0.0102. The number of nitrogens with one attached hydrogen (secondary N) is 3. The Kier molecular flexibility index (Phi) is 9.19. The molecule has 1 aliphatic heterocycles. The van der Waals surface area contributed by atoms with Gasteiger partial charge in [-0.25, -0.2) is 4.98 Å². The number of anilines is 1. The highest BCUT2D eigenvalue weighted by Crippen LogP contribution is 2.47. The van der Waals surface area contributed by atoms with Gasteiger partial charge in [0.05, 0.1) is 28.8 Å². The summed E-state index contributed by atoms with van der Waals surface area (Å²) in [6, 6.07) is 11.2. The van der Waals surface area contributed by atoms with Gasteiger partial charge in [-0.2, -0.15) is 10.5 Å². The number of nitriles is 1. The van der Waals surface area contributed by atoms with Crippen LogP contribution < -0.4 is 10.6 Å². The summed E-state index contributed by atoms with van der Waals surface area (Å²) in [4.78, 5) is 9.50. The minimum absolute atomic E-state index is 0.256. The second kappa shape index (κ2) is 13.2. The average molecular weight is 606 g/mol. The number of rotatable bonds is 12. The van der Waals surface area contributed by atoms with Crippen LogP contribution in [-0.2, 0) is 21.5 Å². The van der Waals surface area contributed by atoms with Gasteiger partial charge in [0.1, 0.15) is 11.4 Å². The van der Waals surface area contributed by atoms with E-state index < -0.39 is 5.41 Å². The molecule has 3 aromatic heterocycles. The highest BCUT2D eigenvalue weighted by molar-refractivity contribution is 6.33. The van der Waals surface area contributed by atoms with Crippen molar-refractivity contribution in [1.29, 1.82) is 5.26 Å². The van der Waals surface area contributed by atoms with Gasteiger partial charge in [-0.05, 0) is 88.8 Å². The molecule has 3 aromatic rings. The van der Waals surface area contributed by atoms with Crippen LogP contribution >= 0.6 is 11.6 Å². The summed E-state index contributed by atoms with van der Waals surface area (Å²) in [5, 5.41) is 32.0. The predicted octanol–water partition coefficient (Wildman–Crippen LogP) is 4.83. The highest BCUT2D eigenvalue weighted by Gasteiger charge is 2.50. The van der Waals surface area contributed by atoms with E-state index in [9.17, 15) is 5.26 Å². The number of hydrogen-bond donors (Lipinski definition) is 3. The second-order valence-electron chi connectivity index (χ2n) is 12.5. The third-order valence-electron chi connectivity index (χ3n) is 9.16. The molecule has 0 amide bonds. The molecule has 4 heterocycles. The molecule has 228 valence electrons. The summed E-state index contributed by atoms with van der Waals surface area (Å²) in [5.41, 5.74) is 1.96. The fraction of sp³-hybridized carbons (Fsp3) is 0.613. The molecule has 3 N–H and O–H groups in total. The summed E-state index contributed by atoms with van der Waals surface area (Å²) in [6.07, 6.45) is 10.6. The third-order valence-corrected chi connectivity index (χ3v) is 9.46. The standard InChI is InChI=1S/C31H40ClN9O2/c1-21(18-43-31(9-10-31)29-38-40-41-39-29)36-23-7-5-22(6-8-23)15-24-16-25(26(32)17-34-24)27-3-2-4-28(37-27)35-20-30(19-33)11-13-42-14-12-30/h2-4,16-17,21-23,36H,5-15,18,20H2,1H3,(H,35,37)(H,38,39,40,41). The van der Waals surface area contributed by atoms with Crippen LogP contribution in [0.5, 0.6) is 0 Å². The summed E-state index contributed by atoms with van der Waals surface area (Å²) < 4.78 is 11.7. The lowest BCUT2D eigenvalue weighted by Gasteiger charge is -2.31. The van der Waals surface area contributed by atoms with E-state index in [-0.39, 0.29) is 11.6 Å². The van der Waals surface area contributed by atoms with E-state index in [1.807, 2.05) is 18.2 Å². The van der Waals surface area contributed by atoms with Crippen LogP contribution in [0.2, 0.25) is 5.02 Å². The van der Waals surface area contributed by atoms with Crippen molar-refractivity contribution in [1.82, 2.24) is 35.9 Å². The van der Waals surface area contributed by atoms with Crippen LogP contribution in [0.15, 0.2) is 30.5 Å². The Morgan fingerprint density at radius 2 is 2.00 bits per heavy atom. The number of hydrogen-bond acceptors (Lipinski definition) is 10. The lowest BCUT2D eigenvalue weighted by atomic mass is 9.82. The maximum absolute atomic E-state index is 9.78. The van der Waals surface area contributed by atoms with Gasteiger partial charge in [0.15, 0.2) is 0 Å². The van der Waals surface area contributed by atoms with Gasteiger partial charge in [-0.3, -0.25) is 4.98 Å². The molecule has 3 aliphatic rings. The second-order valence-corrected chi connectivity index (χ2v) is 12.9. The summed E-state index contributed by atoms with van der Waals surface area (Å²) in [5.74, 6) is 1.99. The molecule has 0 bridgehead atoms. The van der Waals surface area contributed by atoms with E-state index in [4.69, 9.17) is 26.1 Å². The Morgan fingerprint density at radius 3 is 2.72 bits per heavy atom. The van der Waals surface area contributed by atoms with Crippen molar-refractivity contribution in [2.75, 3.05) is 31.7 Å². The number of tetrazole rings is 1. The molecule has 3 fully saturated rings. The van der Waals surface area contributed by atoms with Gasteiger partial charge in [0, 0.05) is 49.3 Å². The number of H-pyrrole nitrogens is 1. The molecule has 12 heteroatoms. The molecule has 43 heavy (non-hydrogen) atoms. The highest BCUT2D eigenvalue weighted by atomic mass is 35.5. The first-order valence-electron chi connectivity index (χ1n) is 15.4. The van der Waals surface area contributed by atoms with Crippen LogP contribution in [-0.4, -0.2) is 69.0 Å². The van der Waals surface area contributed by atoms with Gasteiger partial charge in [-0.15, -0.1) is 10.2 Å². The van der Waals surface area contributed by atoms with Crippen LogP contribution in [0.1, 0.15) is 69.8 Å².